The van der Waals surface area contributed by atoms with E-state index in [1.807, 2.05) is 31.2 Å². The fourth-order valence-corrected chi connectivity index (χ4v) is 2.58. The van der Waals surface area contributed by atoms with Crippen LogP contribution in [0.5, 0.6) is 5.75 Å². The number of thioether (sulfide) groups is 1. The number of hydrogen-bond donors (Lipinski definition) is 2. The smallest absolute Gasteiger partial charge is 0.446 e. The summed E-state index contributed by atoms with van der Waals surface area (Å²) < 4.78 is 42.3. The Balaban J connectivity index is 1.88. The summed E-state index contributed by atoms with van der Waals surface area (Å²) in [6.45, 7) is 2.66. The van der Waals surface area contributed by atoms with Crippen molar-refractivity contribution in [2.24, 2.45) is 0 Å². The molecule has 0 atom stereocenters. The molecule has 0 radical (unpaired) electrons. The van der Waals surface area contributed by atoms with Crippen LogP contribution in [0.1, 0.15) is 12.5 Å². The molecule has 2 rings (SSSR count). The monoisotopic (exact) mass is 370 g/mol. The van der Waals surface area contributed by atoms with Gasteiger partial charge in [-0.1, -0.05) is 18.2 Å². The number of rotatable bonds is 6. The second-order valence-electron chi connectivity index (χ2n) is 4.92. The van der Waals surface area contributed by atoms with Crippen LogP contribution in [0.15, 0.2) is 53.4 Å². The van der Waals surface area contributed by atoms with Crippen molar-refractivity contribution in [3.63, 3.8) is 0 Å². The van der Waals surface area contributed by atoms with Crippen LogP contribution in [0.2, 0.25) is 0 Å². The van der Waals surface area contributed by atoms with Gasteiger partial charge in [0.2, 0.25) is 0 Å². The number of carbonyl (C=O) groups excluding carboxylic acids is 1. The molecule has 0 heterocycles. The second kappa shape index (κ2) is 8.66. The zero-order valence-electron chi connectivity index (χ0n) is 13.4. The summed E-state index contributed by atoms with van der Waals surface area (Å²) >= 11 is -0.200. The topological polar surface area (TPSA) is 50.4 Å². The number of anilines is 1. The highest BCUT2D eigenvalue weighted by atomic mass is 32.2. The van der Waals surface area contributed by atoms with E-state index in [1.165, 1.54) is 24.3 Å². The van der Waals surface area contributed by atoms with E-state index in [0.717, 1.165) is 5.56 Å². The summed E-state index contributed by atoms with van der Waals surface area (Å²) in [5.74, 6) is 0.693. The van der Waals surface area contributed by atoms with E-state index in [2.05, 4.69) is 10.6 Å². The molecule has 25 heavy (non-hydrogen) atoms. The van der Waals surface area contributed by atoms with Gasteiger partial charge in [0, 0.05) is 22.7 Å². The van der Waals surface area contributed by atoms with Crippen molar-refractivity contribution in [3.8, 4) is 5.75 Å². The van der Waals surface area contributed by atoms with Crippen LogP contribution in [-0.2, 0) is 6.54 Å². The molecule has 2 amide bonds. The van der Waals surface area contributed by atoms with Crippen molar-refractivity contribution < 1.29 is 22.7 Å². The first-order valence-corrected chi connectivity index (χ1v) is 8.30. The molecule has 0 aromatic heterocycles. The second-order valence-corrected chi connectivity index (χ2v) is 6.06. The van der Waals surface area contributed by atoms with E-state index in [4.69, 9.17) is 4.74 Å². The molecule has 0 aliphatic carbocycles. The first-order valence-electron chi connectivity index (χ1n) is 7.49. The minimum absolute atomic E-state index is 0.0594. The van der Waals surface area contributed by atoms with Gasteiger partial charge in [0.05, 0.1) is 6.61 Å². The fourth-order valence-electron chi connectivity index (χ4n) is 2.04. The molecule has 2 N–H and O–H groups in total. The highest BCUT2D eigenvalue weighted by Gasteiger charge is 2.29. The van der Waals surface area contributed by atoms with E-state index in [0.29, 0.717) is 18.0 Å². The predicted octanol–water partition coefficient (Wildman–Crippen LogP) is 5.02. The maximum atomic E-state index is 12.3. The van der Waals surface area contributed by atoms with Crippen molar-refractivity contribution in [1.82, 2.24) is 5.32 Å². The Labute approximate surface area is 147 Å². The number of ether oxygens (including phenoxy) is 1. The molecular formula is C17H17F3N2O2S. The molecule has 0 unspecified atom stereocenters. The van der Waals surface area contributed by atoms with E-state index >= 15 is 0 Å². The molecule has 0 saturated heterocycles. The third-order valence-corrected chi connectivity index (χ3v) is 3.80. The minimum atomic E-state index is -4.33. The number of alkyl halides is 3. The van der Waals surface area contributed by atoms with Gasteiger partial charge in [-0.2, -0.15) is 13.2 Å². The molecule has 2 aromatic carbocycles. The van der Waals surface area contributed by atoms with Gasteiger partial charge in [-0.15, -0.1) is 0 Å². The van der Waals surface area contributed by atoms with Gasteiger partial charge < -0.3 is 15.4 Å². The minimum Gasteiger partial charge on any atom is -0.494 e. The van der Waals surface area contributed by atoms with Gasteiger partial charge in [-0.05, 0) is 49.0 Å². The van der Waals surface area contributed by atoms with Crippen molar-refractivity contribution in [1.29, 1.82) is 0 Å². The Morgan fingerprint density at radius 2 is 1.80 bits per heavy atom. The summed E-state index contributed by atoms with van der Waals surface area (Å²) in [6.07, 6.45) is 0. The average molecular weight is 370 g/mol. The number of carbonyl (C=O) groups is 1. The molecule has 0 bridgehead atoms. The summed E-state index contributed by atoms with van der Waals surface area (Å²) in [4.78, 5) is 12.0. The molecule has 0 saturated carbocycles. The summed E-state index contributed by atoms with van der Waals surface area (Å²) in [7, 11) is 0. The Morgan fingerprint density at radius 3 is 2.44 bits per heavy atom. The molecule has 0 fully saturated rings. The van der Waals surface area contributed by atoms with E-state index in [-0.39, 0.29) is 23.2 Å². The fraction of sp³-hybridized carbons (Fsp3) is 0.235. The number of halogens is 3. The number of hydrogen-bond acceptors (Lipinski definition) is 3. The highest BCUT2D eigenvalue weighted by molar-refractivity contribution is 8.00. The van der Waals surface area contributed by atoms with Crippen LogP contribution < -0.4 is 15.4 Å². The van der Waals surface area contributed by atoms with Crippen LogP contribution in [0.4, 0.5) is 23.7 Å². The lowest BCUT2D eigenvalue weighted by molar-refractivity contribution is -0.0328. The Bertz CT molecular complexity index is 706. The standard InChI is InChI=1S/C17H17F3N2O2S/c1-2-24-15-6-4-3-5-12(15)11-21-16(23)22-13-7-9-14(10-8-13)25-17(18,19)20/h3-10H,2,11H2,1H3,(H2,21,22,23). The number of urea groups is 1. The Kier molecular flexibility index (Phi) is 6.58. The third kappa shape index (κ3) is 6.58. The summed E-state index contributed by atoms with van der Waals surface area (Å²) in [6, 6.07) is 12.3. The summed E-state index contributed by atoms with van der Waals surface area (Å²) in [5.41, 5.74) is -3.10. The van der Waals surface area contributed by atoms with Crippen LogP contribution in [0.3, 0.4) is 0 Å². The van der Waals surface area contributed by atoms with Crippen molar-refractivity contribution in [2.75, 3.05) is 11.9 Å². The van der Waals surface area contributed by atoms with Crippen LogP contribution in [-0.4, -0.2) is 18.1 Å². The highest BCUT2D eigenvalue weighted by Crippen LogP contribution is 2.37. The van der Waals surface area contributed by atoms with E-state index in [9.17, 15) is 18.0 Å². The van der Waals surface area contributed by atoms with Gasteiger partial charge in [0.25, 0.3) is 0 Å². The van der Waals surface area contributed by atoms with Crippen molar-refractivity contribution >= 4 is 23.5 Å². The third-order valence-electron chi connectivity index (χ3n) is 3.06. The lowest BCUT2D eigenvalue weighted by atomic mass is 10.2. The molecule has 2 aromatic rings. The molecule has 0 aliphatic rings. The Morgan fingerprint density at radius 1 is 1.12 bits per heavy atom. The zero-order valence-corrected chi connectivity index (χ0v) is 14.2. The number of para-hydroxylation sites is 1. The van der Waals surface area contributed by atoms with Crippen molar-refractivity contribution in [2.45, 2.75) is 23.9 Å². The SMILES string of the molecule is CCOc1ccccc1CNC(=O)Nc1ccc(SC(F)(F)F)cc1. The predicted molar refractivity (Wildman–Crippen MR) is 91.8 cm³/mol. The van der Waals surface area contributed by atoms with Gasteiger partial charge in [-0.3, -0.25) is 0 Å². The molecule has 0 spiro atoms. The lowest BCUT2D eigenvalue weighted by Gasteiger charge is -2.12. The molecule has 0 aliphatic heterocycles. The van der Waals surface area contributed by atoms with Gasteiger partial charge in [-0.25, -0.2) is 4.79 Å². The first kappa shape index (κ1) is 19.0. The maximum Gasteiger partial charge on any atom is 0.446 e. The lowest BCUT2D eigenvalue weighted by Crippen LogP contribution is -2.28. The van der Waals surface area contributed by atoms with Crippen LogP contribution in [0.25, 0.3) is 0 Å². The van der Waals surface area contributed by atoms with Gasteiger partial charge >= 0.3 is 11.5 Å². The Hall–Kier alpha value is -2.35. The summed E-state index contributed by atoms with van der Waals surface area (Å²) in [5, 5.41) is 5.26. The normalized spacial score (nSPS) is 11.0. The molecule has 8 heteroatoms. The van der Waals surface area contributed by atoms with Crippen LogP contribution >= 0.6 is 11.8 Å². The zero-order chi connectivity index (χ0) is 18.3. The quantitative estimate of drug-likeness (QED) is 0.702. The molecule has 134 valence electrons. The number of amides is 2. The van der Waals surface area contributed by atoms with E-state index in [1.54, 1.807) is 0 Å². The van der Waals surface area contributed by atoms with Crippen LogP contribution in [0, 0.1) is 0 Å². The number of benzene rings is 2. The largest absolute Gasteiger partial charge is 0.494 e. The molecule has 4 nitrogen and oxygen atoms in total. The van der Waals surface area contributed by atoms with Gasteiger partial charge in [0.1, 0.15) is 5.75 Å². The van der Waals surface area contributed by atoms with Crippen molar-refractivity contribution in [3.05, 3.63) is 54.1 Å². The van der Waals surface area contributed by atoms with Gasteiger partial charge in [0.15, 0.2) is 0 Å². The molecular weight excluding hydrogens is 353 g/mol. The number of nitrogens with one attached hydrogen (secondary N) is 2. The maximum absolute atomic E-state index is 12.3. The first-order chi connectivity index (χ1) is 11.9. The average Bonchev–Trinajstić information content (AvgIpc) is 2.55. The van der Waals surface area contributed by atoms with E-state index < -0.39 is 11.5 Å².